The van der Waals surface area contributed by atoms with Crippen molar-refractivity contribution < 1.29 is 27.1 Å². The molecule has 7 heteroatoms. The van der Waals surface area contributed by atoms with E-state index in [0.29, 0.717) is 24.0 Å². The van der Waals surface area contributed by atoms with Gasteiger partial charge in [-0.1, -0.05) is 12.1 Å². The number of ether oxygens (including phenoxy) is 2. The summed E-state index contributed by atoms with van der Waals surface area (Å²) in [6.07, 6.45) is 2.80. The Morgan fingerprint density at radius 2 is 1.80 bits per heavy atom. The zero-order chi connectivity index (χ0) is 18.5. The molecule has 5 nitrogen and oxygen atoms in total. The van der Waals surface area contributed by atoms with Crippen LogP contribution in [0.15, 0.2) is 34.9 Å². The second kappa shape index (κ2) is 5.83. The molecule has 3 rings (SSSR count). The van der Waals surface area contributed by atoms with Crippen LogP contribution >= 0.6 is 0 Å². The molecule has 2 aliphatic rings. The maximum Gasteiger partial charge on any atom is 0.374 e. The minimum Gasteiger partial charge on any atom is -0.483 e. The second-order valence-electron chi connectivity index (χ2n) is 7.19. The number of carbonyl (C=O) groups is 1. The molecule has 1 aliphatic heterocycles. The second-order valence-corrected chi connectivity index (χ2v) is 9.21. The van der Waals surface area contributed by atoms with Gasteiger partial charge in [0.05, 0.1) is 10.5 Å². The van der Waals surface area contributed by atoms with E-state index in [2.05, 4.69) is 0 Å². The van der Waals surface area contributed by atoms with Crippen LogP contribution in [0, 0.1) is 0 Å². The summed E-state index contributed by atoms with van der Waals surface area (Å²) in [4.78, 5) is 12.4. The van der Waals surface area contributed by atoms with Crippen LogP contribution in [0.5, 0.6) is 0 Å². The molecule has 25 heavy (non-hydrogen) atoms. The number of hydrogen-bond acceptors (Lipinski definition) is 5. The van der Waals surface area contributed by atoms with Crippen LogP contribution in [0.1, 0.15) is 38.7 Å². The number of benzene rings is 1. The molecule has 1 aromatic rings. The lowest BCUT2D eigenvalue weighted by Crippen LogP contribution is -2.37. The number of esters is 1. The maximum absolute atomic E-state index is 14.2. The third kappa shape index (κ3) is 3.42. The number of carbonyl (C=O) groups excluding carboxylic acids is 1. The van der Waals surface area contributed by atoms with Crippen molar-refractivity contribution in [2.45, 2.75) is 49.3 Å². The molecule has 1 aromatic carbocycles. The van der Waals surface area contributed by atoms with E-state index in [0.717, 1.165) is 12.7 Å². The van der Waals surface area contributed by atoms with E-state index in [1.54, 1.807) is 26.0 Å². The van der Waals surface area contributed by atoms with Crippen LogP contribution in [-0.4, -0.2) is 38.5 Å². The standard InChI is InChI=1S/C18H21FO5S/c1-17(2)14(12-5-7-13(8-6-12)25(3,21)22)15(16(20)24-17)23-11-18(19)9-4-10-18/h5-8H,4,9-11H2,1-3H3. The third-order valence-electron chi connectivity index (χ3n) is 4.66. The Labute approximate surface area is 146 Å². The zero-order valence-electron chi connectivity index (χ0n) is 14.5. The van der Waals surface area contributed by atoms with Gasteiger partial charge in [-0.2, -0.15) is 0 Å². The first kappa shape index (κ1) is 17.9. The Kier molecular flexibility index (Phi) is 4.18. The molecule has 0 unspecified atom stereocenters. The van der Waals surface area contributed by atoms with Gasteiger partial charge in [-0.05, 0) is 50.8 Å². The fourth-order valence-corrected chi connectivity index (χ4v) is 3.72. The van der Waals surface area contributed by atoms with Crippen LogP contribution in [0.25, 0.3) is 5.57 Å². The van der Waals surface area contributed by atoms with E-state index >= 15 is 0 Å². The van der Waals surface area contributed by atoms with E-state index in [1.165, 1.54) is 12.1 Å². The van der Waals surface area contributed by atoms with Crippen molar-refractivity contribution >= 4 is 21.4 Å². The van der Waals surface area contributed by atoms with E-state index < -0.39 is 27.1 Å². The third-order valence-corrected chi connectivity index (χ3v) is 5.79. The average molecular weight is 368 g/mol. The number of halogens is 1. The molecule has 0 atom stereocenters. The Bertz CT molecular complexity index is 833. The highest BCUT2D eigenvalue weighted by Gasteiger charge is 2.45. The molecule has 0 radical (unpaired) electrons. The van der Waals surface area contributed by atoms with Crippen molar-refractivity contribution in [2.24, 2.45) is 0 Å². The predicted octanol–water partition coefficient (Wildman–Crippen LogP) is 3.05. The van der Waals surface area contributed by atoms with Crippen molar-refractivity contribution in [1.82, 2.24) is 0 Å². The molecular formula is C18H21FO5S. The summed E-state index contributed by atoms with van der Waals surface area (Å²) in [6.45, 7) is 3.25. The quantitative estimate of drug-likeness (QED) is 0.747. The number of sulfone groups is 1. The molecule has 0 aromatic heterocycles. The van der Waals surface area contributed by atoms with Gasteiger partial charge in [0, 0.05) is 6.26 Å². The first-order valence-electron chi connectivity index (χ1n) is 8.12. The summed E-state index contributed by atoms with van der Waals surface area (Å²) < 4.78 is 48.3. The molecule has 0 amide bonds. The highest BCUT2D eigenvalue weighted by atomic mass is 32.2. The predicted molar refractivity (Wildman–Crippen MR) is 90.3 cm³/mol. The lowest BCUT2D eigenvalue weighted by molar-refractivity contribution is -0.148. The van der Waals surface area contributed by atoms with Gasteiger partial charge in [0.1, 0.15) is 17.9 Å². The van der Waals surface area contributed by atoms with Crippen molar-refractivity contribution in [1.29, 1.82) is 0 Å². The largest absolute Gasteiger partial charge is 0.483 e. The van der Waals surface area contributed by atoms with Gasteiger partial charge in [-0.3, -0.25) is 0 Å². The summed E-state index contributed by atoms with van der Waals surface area (Å²) >= 11 is 0. The van der Waals surface area contributed by atoms with Gasteiger partial charge in [0.2, 0.25) is 5.76 Å². The SMILES string of the molecule is CC1(C)OC(=O)C(OCC2(F)CCC2)=C1c1ccc(S(C)(=O)=O)cc1. The van der Waals surface area contributed by atoms with Crippen molar-refractivity contribution in [3.05, 3.63) is 35.6 Å². The lowest BCUT2D eigenvalue weighted by atomic mass is 9.83. The maximum atomic E-state index is 14.2. The Hall–Kier alpha value is -1.89. The summed E-state index contributed by atoms with van der Waals surface area (Å²) in [5.74, 6) is -0.629. The molecule has 1 fully saturated rings. The minimum absolute atomic E-state index is 0.000954. The number of rotatable bonds is 5. The van der Waals surface area contributed by atoms with Crippen molar-refractivity contribution in [2.75, 3.05) is 12.9 Å². The molecule has 0 spiro atoms. The number of hydrogen-bond donors (Lipinski definition) is 0. The topological polar surface area (TPSA) is 69.7 Å². The van der Waals surface area contributed by atoms with Crippen LogP contribution in [0.3, 0.4) is 0 Å². The monoisotopic (exact) mass is 368 g/mol. The Morgan fingerprint density at radius 3 is 2.28 bits per heavy atom. The molecule has 0 N–H and O–H groups in total. The molecule has 0 bridgehead atoms. The van der Waals surface area contributed by atoms with Crippen molar-refractivity contribution in [3.63, 3.8) is 0 Å². The minimum atomic E-state index is -3.32. The summed E-state index contributed by atoms with van der Waals surface area (Å²) in [5, 5.41) is 0. The van der Waals surface area contributed by atoms with Crippen molar-refractivity contribution in [3.8, 4) is 0 Å². The van der Waals surface area contributed by atoms with Crippen LogP contribution < -0.4 is 0 Å². The van der Waals surface area contributed by atoms with Gasteiger partial charge < -0.3 is 9.47 Å². The summed E-state index contributed by atoms with van der Waals surface area (Å²) in [5.41, 5.74) is -1.21. The molecule has 0 saturated heterocycles. The van der Waals surface area contributed by atoms with Gasteiger partial charge in [0.15, 0.2) is 9.84 Å². The van der Waals surface area contributed by atoms with E-state index in [-0.39, 0.29) is 17.3 Å². The summed E-state index contributed by atoms with van der Waals surface area (Å²) in [6, 6.07) is 6.15. The van der Waals surface area contributed by atoms with Gasteiger partial charge in [-0.15, -0.1) is 0 Å². The Balaban J connectivity index is 1.96. The number of alkyl halides is 1. The Morgan fingerprint density at radius 1 is 1.20 bits per heavy atom. The summed E-state index contributed by atoms with van der Waals surface area (Å²) in [7, 11) is -3.32. The van der Waals surface area contributed by atoms with E-state index in [9.17, 15) is 17.6 Å². The van der Waals surface area contributed by atoms with E-state index in [4.69, 9.17) is 9.47 Å². The molecular weight excluding hydrogens is 347 g/mol. The van der Waals surface area contributed by atoms with Gasteiger partial charge in [0.25, 0.3) is 0 Å². The lowest BCUT2D eigenvalue weighted by Gasteiger charge is -2.33. The first-order chi connectivity index (χ1) is 11.5. The van der Waals surface area contributed by atoms with Crippen LogP contribution in [-0.2, 0) is 24.1 Å². The average Bonchev–Trinajstić information content (AvgIpc) is 2.71. The highest BCUT2D eigenvalue weighted by molar-refractivity contribution is 7.90. The molecule has 136 valence electrons. The molecule has 1 aliphatic carbocycles. The fourth-order valence-electron chi connectivity index (χ4n) is 3.09. The van der Waals surface area contributed by atoms with E-state index in [1.807, 2.05) is 0 Å². The number of cyclic esters (lactones) is 1. The normalized spacial score (nSPS) is 21.7. The van der Waals surface area contributed by atoms with Crippen LogP contribution in [0.4, 0.5) is 4.39 Å². The fraction of sp³-hybridized carbons (Fsp3) is 0.500. The zero-order valence-corrected chi connectivity index (χ0v) is 15.3. The highest BCUT2D eigenvalue weighted by Crippen LogP contribution is 2.42. The van der Waals surface area contributed by atoms with Gasteiger partial charge >= 0.3 is 5.97 Å². The molecule has 1 heterocycles. The van der Waals surface area contributed by atoms with Gasteiger partial charge in [-0.25, -0.2) is 17.6 Å². The molecule has 1 saturated carbocycles. The first-order valence-corrected chi connectivity index (χ1v) is 10.0. The van der Waals surface area contributed by atoms with Crippen LogP contribution in [0.2, 0.25) is 0 Å². The smallest absolute Gasteiger partial charge is 0.374 e.